The van der Waals surface area contributed by atoms with Crippen LogP contribution < -0.4 is 10.2 Å². The summed E-state index contributed by atoms with van der Waals surface area (Å²) in [6.45, 7) is 1.12. The second-order valence-corrected chi connectivity index (χ2v) is 5.76. The number of nitrogens with zero attached hydrogens (tertiary/aromatic N) is 3. The third-order valence-corrected chi connectivity index (χ3v) is 4.00. The highest BCUT2D eigenvalue weighted by molar-refractivity contribution is 8.18. The molecule has 6 nitrogen and oxygen atoms in total. The molecule has 0 radical (unpaired) electrons. The fourth-order valence-electron chi connectivity index (χ4n) is 2.09. The maximum absolute atomic E-state index is 11.5. The summed E-state index contributed by atoms with van der Waals surface area (Å²) in [5.74, 6) is -0.381. The number of carbonyl (C=O) groups excluding carboxylic acids is 2. The molecule has 7 heteroatoms. The van der Waals surface area contributed by atoms with Crippen molar-refractivity contribution >= 4 is 34.7 Å². The number of imide groups is 1. The van der Waals surface area contributed by atoms with Crippen LogP contribution in [0.1, 0.15) is 18.4 Å². The van der Waals surface area contributed by atoms with Gasteiger partial charge in [0.05, 0.1) is 29.9 Å². The molecule has 1 aliphatic heterocycles. The third-order valence-electron chi connectivity index (χ3n) is 3.19. The molecule has 1 fully saturated rings. The van der Waals surface area contributed by atoms with Crippen LogP contribution in [0, 0.1) is 22.7 Å². The minimum Gasteiger partial charge on any atom is -0.369 e. The lowest BCUT2D eigenvalue weighted by Crippen LogP contribution is -2.25. The van der Waals surface area contributed by atoms with E-state index >= 15 is 0 Å². The normalized spacial score (nSPS) is 15.1. The lowest BCUT2D eigenvalue weighted by atomic mass is 10.1. The highest BCUT2D eigenvalue weighted by atomic mass is 32.2. The van der Waals surface area contributed by atoms with Crippen molar-refractivity contribution in [3.05, 3.63) is 34.7 Å². The Bertz CT molecular complexity index is 695. The monoisotopic (exact) mass is 326 g/mol. The fourth-order valence-corrected chi connectivity index (χ4v) is 2.78. The zero-order valence-electron chi connectivity index (χ0n) is 12.3. The van der Waals surface area contributed by atoms with Gasteiger partial charge in [-0.25, -0.2) is 0 Å². The summed E-state index contributed by atoms with van der Waals surface area (Å²) in [7, 11) is 0. The molecule has 0 aromatic heterocycles. The summed E-state index contributed by atoms with van der Waals surface area (Å²) in [5.41, 5.74) is 1.72. The molecule has 0 aliphatic carbocycles. The van der Waals surface area contributed by atoms with Crippen molar-refractivity contribution in [3.63, 3.8) is 0 Å². The first-order chi connectivity index (χ1) is 11.1. The van der Waals surface area contributed by atoms with Crippen LogP contribution in [-0.4, -0.2) is 24.2 Å². The molecule has 1 aromatic carbocycles. The minimum atomic E-state index is -0.381. The topological polar surface area (TPSA) is 97.0 Å². The standard InChI is InChI=1S/C16H14N4O2S/c17-7-1-9-20(10-2-8-18)13-5-3-12(4-6-13)11-14-15(21)19-16(22)23-14/h3-6,11H,1-2,9-10H2,(H,19,21,22)/b14-11+. The number of amides is 2. The molecule has 1 saturated heterocycles. The van der Waals surface area contributed by atoms with Crippen molar-refractivity contribution in [2.75, 3.05) is 18.0 Å². The van der Waals surface area contributed by atoms with Crippen molar-refractivity contribution in [2.24, 2.45) is 0 Å². The van der Waals surface area contributed by atoms with Gasteiger partial charge in [-0.1, -0.05) is 12.1 Å². The summed E-state index contributed by atoms with van der Waals surface area (Å²) in [4.78, 5) is 25.0. The number of anilines is 1. The maximum Gasteiger partial charge on any atom is 0.290 e. The zero-order chi connectivity index (χ0) is 16.7. The second-order valence-electron chi connectivity index (χ2n) is 4.75. The molecule has 23 heavy (non-hydrogen) atoms. The van der Waals surface area contributed by atoms with Gasteiger partial charge in [0.15, 0.2) is 0 Å². The molecule has 1 heterocycles. The Labute approximate surface area is 138 Å². The van der Waals surface area contributed by atoms with Gasteiger partial charge in [0, 0.05) is 18.8 Å². The highest BCUT2D eigenvalue weighted by Gasteiger charge is 2.24. The van der Waals surface area contributed by atoms with Crippen LogP contribution in [0.4, 0.5) is 10.5 Å². The molecule has 1 N–H and O–H groups in total. The van der Waals surface area contributed by atoms with Gasteiger partial charge in [0.2, 0.25) is 0 Å². The van der Waals surface area contributed by atoms with Crippen LogP contribution >= 0.6 is 11.8 Å². The number of benzene rings is 1. The van der Waals surface area contributed by atoms with Crippen molar-refractivity contribution in [1.29, 1.82) is 10.5 Å². The Kier molecular flexibility index (Phi) is 5.79. The number of nitriles is 2. The van der Waals surface area contributed by atoms with E-state index in [0.29, 0.717) is 30.8 Å². The van der Waals surface area contributed by atoms with E-state index in [0.717, 1.165) is 23.0 Å². The van der Waals surface area contributed by atoms with E-state index in [1.54, 1.807) is 6.08 Å². The Morgan fingerprint density at radius 1 is 1.09 bits per heavy atom. The predicted octanol–water partition coefficient (Wildman–Crippen LogP) is 2.64. The SMILES string of the molecule is N#CCCN(CCC#N)c1ccc(/C=C2/SC(=O)NC2=O)cc1. The molecular weight excluding hydrogens is 312 g/mol. The Morgan fingerprint density at radius 2 is 1.70 bits per heavy atom. The lowest BCUT2D eigenvalue weighted by molar-refractivity contribution is -0.115. The first kappa shape index (κ1) is 16.6. The van der Waals surface area contributed by atoms with Crippen LogP contribution in [0.3, 0.4) is 0 Å². The van der Waals surface area contributed by atoms with Gasteiger partial charge >= 0.3 is 0 Å². The number of nitrogens with one attached hydrogen (secondary N) is 1. The largest absolute Gasteiger partial charge is 0.369 e. The van der Waals surface area contributed by atoms with Gasteiger partial charge < -0.3 is 4.90 Å². The Balaban J connectivity index is 2.12. The molecule has 1 aromatic rings. The van der Waals surface area contributed by atoms with E-state index < -0.39 is 0 Å². The average molecular weight is 326 g/mol. The van der Waals surface area contributed by atoms with Crippen LogP contribution in [0.5, 0.6) is 0 Å². The third kappa shape index (κ3) is 4.60. The number of rotatable bonds is 6. The van der Waals surface area contributed by atoms with Gasteiger partial charge in [-0.2, -0.15) is 10.5 Å². The Morgan fingerprint density at radius 3 is 2.17 bits per heavy atom. The lowest BCUT2D eigenvalue weighted by Gasteiger charge is -2.22. The molecule has 0 atom stereocenters. The highest BCUT2D eigenvalue weighted by Crippen LogP contribution is 2.26. The number of carbonyl (C=O) groups is 2. The molecule has 2 amide bonds. The summed E-state index contributed by atoms with van der Waals surface area (Å²) in [6.07, 6.45) is 2.43. The number of hydrogen-bond acceptors (Lipinski definition) is 6. The summed E-state index contributed by atoms with van der Waals surface area (Å²) >= 11 is 0.880. The quantitative estimate of drug-likeness (QED) is 0.807. The van der Waals surface area contributed by atoms with E-state index in [1.165, 1.54) is 0 Å². The summed E-state index contributed by atoms with van der Waals surface area (Å²) < 4.78 is 0. The molecule has 0 bridgehead atoms. The van der Waals surface area contributed by atoms with Crippen molar-refractivity contribution < 1.29 is 9.59 Å². The van der Waals surface area contributed by atoms with Crippen molar-refractivity contribution in [3.8, 4) is 12.1 Å². The van der Waals surface area contributed by atoms with Gasteiger partial charge in [0.25, 0.3) is 11.1 Å². The number of thioether (sulfide) groups is 1. The van der Waals surface area contributed by atoms with E-state index in [4.69, 9.17) is 10.5 Å². The first-order valence-electron chi connectivity index (χ1n) is 6.98. The van der Waals surface area contributed by atoms with Gasteiger partial charge in [0.1, 0.15) is 0 Å². The van der Waals surface area contributed by atoms with Gasteiger partial charge in [-0.05, 0) is 35.5 Å². The number of hydrogen-bond donors (Lipinski definition) is 1. The van der Waals surface area contributed by atoms with Gasteiger partial charge in [-0.3, -0.25) is 14.9 Å². The fraction of sp³-hybridized carbons (Fsp3) is 0.250. The van der Waals surface area contributed by atoms with E-state index in [1.807, 2.05) is 29.2 Å². The maximum atomic E-state index is 11.5. The van der Waals surface area contributed by atoms with Gasteiger partial charge in [-0.15, -0.1) is 0 Å². The van der Waals surface area contributed by atoms with E-state index in [2.05, 4.69) is 17.5 Å². The molecule has 116 valence electrons. The van der Waals surface area contributed by atoms with Crippen LogP contribution in [0.15, 0.2) is 29.2 Å². The summed E-state index contributed by atoms with van der Waals surface area (Å²) in [5, 5.41) is 19.3. The average Bonchev–Trinajstić information content (AvgIpc) is 2.86. The molecule has 0 unspecified atom stereocenters. The Hall–Kier alpha value is -2.77. The minimum absolute atomic E-state index is 0.364. The molecule has 0 spiro atoms. The molecule has 2 rings (SSSR count). The molecule has 0 saturated carbocycles. The second kappa shape index (κ2) is 8.02. The molecule has 1 aliphatic rings. The van der Waals surface area contributed by atoms with Crippen molar-refractivity contribution in [1.82, 2.24) is 5.32 Å². The van der Waals surface area contributed by atoms with Crippen LogP contribution in [0.25, 0.3) is 6.08 Å². The smallest absolute Gasteiger partial charge is 0.290 e. The summed E-state index contributed by atoms with van der Waals surface area (Å²) in [6, 6.07) is 11.6. The molecular formula is C16H14N4O2S. The van der Waals surface area contributed by atoms with E-state index in [9.17, 15) is 9.59 Å². The van der Waals surface area contributed by atoms with Crippen LogP contribution in [-0.2, 0) is 4.79 Å². The van der Waals surface area contributed by atoms with E-state index in [-0.39, 0.29) is 11.1 Å². The zero-order valence-corrected chi connectivity index (χ0v) is 13.1. The van der Waals surface area contributed by atoms with Crippen molar-refractivity contribution in [2.45, 2.75) is 12.8 Å². The first-order valence-corrected chi connectivity index (χ1v) is 7.79. The predicted molar refractivity (Wildman–Crippen MR) is 88.2 cm³/mol. The van der Waals surface area contributed by atoms with Crippen LogP contribution in [0.2, 0.25) is 0 Å².